The molecule has 0 spiro atoms. The number of aromatic amines is 1. The zero-order chi connectivity index (χ0) is 19.1. The molecular weight excluding hydrogens is 358 g/mol. The lowest BCUT2D eigenvalue weighted by Crippen LogP contribution is -2.49. The predicted octanol–water partition coefficient (Wildman–Crippen LogP) is 2.12. The molecule has 4 heterocycles. The van der Waals surface area contributed by atoms with Gasteiger partial charge in [-0.3, -0.25) is 19.1 Å². The molecule has 1 atom stereocenters. The van der Waals surface area contributed by atoms with Crippen LogP contribution in [0.1, 0.15) is 35.1 Å². The van der Waals surface area contributed by atoms with Gasteiger partial charge < -0.3 is 9.88 Å². The third-order valence-corrected chi connectivity index (χ3v) is 5.37. The van der Waals surface area contributed by atoms with Gasteiger partial charge in [-0.2, -0.15) is 5.10 Å². The summed E-state index contributed by atoms with van der Waals surface area (Å²) in [6, 6.07) is 10.9. The molecule has 2 amide bonds. The van der Waals surface area contributed by atoms with Gasteiger partial charge in [0.1, 0.15) is 5.69 Å². The van der Waals surface area contributed by atoms with E-state index in [0.717, 1.165) is 29.4 Å². The lowest BCUT2D eigenvalue weighted by Gasteiger charge is -2.36. The van der Waals surface area contributed by atoms with E-state index in [1.807, 2.05) is 36.4 Å². The van der Waals surface area contributed by atoms with Crippen molar-refractivity contribution in [2.24, 2.45) is 0 Å². The van der Waals surface area contributed by atoms with Crippen LogP contribution in [-0.4, -0.2) is 56.2 Å². The van der Waals surface area contributed by atoms with E-state index in [2.05, 4.69) is 10.1 Å². The minimum Gasteiger partial charge on any atom is -0.351 e. The molecule has 5 rings (SSSR count). The van der Waals surface area contributed by atoms with E-state index in [0.29, 0.717) is 25.4 Å². The molecule has 2 aliphatic heterocycles. The van der Waals surface area contributed by atoms with Gasteiger partial charge in [-0.05, 0) is 31.0 Å². The van der Waals surface area contributed by atoms with Crippen molar-refractivity contribution in [1.29, 1.82) is 0 Å². The van der Waals surface area contributed by atoms with E-state index < -0.39 is 6.04 Å². The van der Waals surface area contributed by atoms with Crippen LogP contribution in [0, 0.1) is 0 Å². The summed E-state index contributed by atoms with van der Waals surface area (Å²) >= 11 is 0. The first-order valence-corrected chi connectivity index (χ1v) is 9.54. The van der Waals surface area contributed by atoms with Gasteiger partial charge in [0.15, 0.2) is 6.04 Å². The number of rotatable bonds is 2. The van der Waals surface area contributed by atoms with Crippen LogP contribution in [0.5, 0.6) is 0 Å². The largest absolute Gasteiger partial charge is 0.351 e. The van der Waals surface area contributed by atoms with Crippen molar-refractivity contribution in [1.82, 2.24) is 24.7 Å². The number of aromatic nitrogens is 3. The smallest absolute Gasteiger partial charge is 0.272 e. The number of para-hydroxylation sites is 1. The Morgan fingerprint density at radius 1 is 1.18 bits per heavy atom. The number of fused-ring (bicyclic) bond motifs is 2. The fraction of sp³-hybridized carbons (Fsp3) is 0.350. The van der Waals surface area contributed by atoms with Gasteiger partial charge in [0.2, 0.25) is 0 Å². The number of hydroxylamine groups is 2. The molecule has 2 aliphatic rings. The lowest BCUT2D eigenvalue weighted by atomic mass is 10.1. The van der Waals surface area contributed by atoms with Crippen molar-refractivity contribution in [3.05, 3.63) is 54.0 Å². The molecule has 0 aliphatic carbocycles. The lowest BCUT2D eigenvalue weighted by molar-refractivity contribution is -0.201. The number of carbonyl (C=O) groups excluding carboxylic acids is 2. The Hall–Kier alpha value is -3.13. The molecule has 0 radical (unpaired) electrons. The average Bonchev–Trinajstić information content (AvgIpc) is 3.39. The molecule has 3 aromatic rings. The second-order valence-corrected chi connectivity index (χ2v) is 7.22. The van der Waals surface area contributed by atoms with E-state index in [-0.39, 0.29) is 18.4 Å². The molecule has 1 saturated heterocycles. The van der Waals surface area contributed by atoms with Crippen LogP contribution < -0.4 is 0 Å². The topological polar surface area (TPSA) is 83.5 Å². The Labute approximate surface area is 161 Å². The molecule has 8 nitrogen and oxygen atoms in total. The number of H-pyrrole nitrogens is 1. The zero-order valence-corrected chi connectivity index (χ0v) is 15.4. The van der Waals surface area contributed by atoms with Crippen LogP contribution in [0.25, 0.3) is 10.9 Å². The van der Waals surface area contributed by atoms with Gasteiger partial charge in [-0.15, -0.1) is 0 Å². The van der Waals surface area contributed by atoms with E-state index in [1.165, 1.54) is 5.06 Å². The maximum Gasteiger partial charge on any atom is 0.272 e. The number of carbonyl (C=O) groups is 2. The molecule has 1 aromatic carbocycles. The summed E-state index contributed by atoms with van der Waals surface area (Å²) in [5, 5.41) is 6.74. The van der Waals surface area contributed by atoms with Crippen LogP contribution in [0.4, 0.5) is 0 Å². The first kappa shape index (κ1) is 17.0. The summed E-state index contributed by atoms with van der Waals surface area (Å²) in [5.41, 5.74) is 2.28. The third kappa shape index (κ3) is 2.86. The Morgan fingerprint density at radius 3 is 2.89 bits per heavy atom. The Balaban J connectivity index is 1.43. The predicted molar refractivity (Wildman–Crippen MR) is 101 cm³/mol. The van der Waals surface area contributed by atoms with Gasteiger partial charge >= 0.3 is 0 Å². The normalized spacial score (nSPS) is 19.6. The summed E-state index contributed by atoms with van der Waals surface area (Å²) in [7, 11) is 0. The van der Waals surface area contributed by atoms with E-state index in [4.69, 9.17) is 4.84 Å². The molecule has 0 unspecified atom stereocenters. The van der Waals surface area contributed by atoms with E-state index in [9.17, 15) is 9.59 Å². The first-order chi connectivity index (χ1) is 13.7. The number of amides is 2. The van der Waals surface area contributed by atoms with Crippen molar-refractivity contribution < 1.29 is 14.4 Å². The summed E-state index contributed by atoms with van der Waals surface area (Å²) in [6.45, 7) is 1.80. The highest BCUT2D eigenvalue weighted by Crippen LogP contribution is 2.25. The second kappa shape index (κ2) is 6.79. The minimum atomic E-state index is -0.579. The van der Waals surface area contributed by atoms with Crippen LogP contribution in [-0.2, 0) is 16.2 Å². The monoisotopic (exact) mass is 379 g/mol. The quantitative estimate of drug-likeness (QED) is 0.739. The van der Waals surface area contributed by atoms with Gasteiger partial charge in [0.05, 0.1) is 25.4 Å². The van der Waals surface area contributed by atoms with Gasteiger partial charge in [-0.1, -0.05) is 18.2 Å². The number of hydrogen-bond donors (Lipinski definition) is 1. The maximum atomic E-state index is 13.2. The molecule has 2 aromatic heterocycles. The van der Waals surface area contributed by atoms with Crippen LogP contribution in [0.15, 0.2) is 42.6 Å². The highest BCUT2D eigenvalue weighted by molar-refractivity contribution is 5.98. The van der Waals surface area contributed by atoms with Gasteiger partial charge in [0, 0.05) is 23.6 Å². The van der Waals surface area contributed by atoms with Crippen molar-refractivity contribution >= 4 is 22.7 Å². The molecular formula is C20H21N5O3. The van der Waals surface area contributed by atoms with Crippen molar-refractivity contribution in [3.8, 4) is 0 Å². The van der Waals surface area contributed by atoms with E-state index >= 15 is 0 Å². The van der Waals surface area contributed by atoms with Gasteiger partial charge in [0.25, 0.3) is 11.8 Å². The zero-order valence-electron chi connectivity index (χ0n) is 15.4. The first-order valence-electron chi connectivity index (χ1n) is 9.54. The molecule has 0 bridgehead atoms. The SMILES string of the molecule is O=C(c1cc2ccccc2[nH]1)N1Cc2ccnn2[C@@H](C(=O)N2CCCCO2)C1. The van der Waals surface area contributed by atoms with Crippen molar-refractivity contribution in [3.63, 3.8) is 0 Å². The maximum absolute atomic E-state index is 13.2. The number of nitrogens with one attached hydrogen (secondary N) is 1. The van der Waals surface area contributed by atoms with Crippen LogP contribution in [0.2, 0.25) is 0 Å². The Kier molecular flexibility index (Phi) is 4.12. The highest BCUT2D eigenvalue weighted by Gasteiger charge is 2.37. The van der Waals surface area contributed by atoms with E-state index in [1.54, 1.807) is 15.8 Å². The Morgan fingerprint density at radius 2 is 2.07 bits per heavy atom. The molecule has 0 saturated carbocycles. The Bertz CT molecular complexity index is 1000. The molecule has 28 heavy (non-hydrogen) atoms. The molecule has 1 fully saturated rings. The third-order valence-electron chi connectivity index (χ3n) is 5.37. The number of hydrogen-bond acceptors (Lipinski definition) is 4. The summed E-state index contributed by atoms with van der Waals surface area (Å²) in [5.74, 6) is -0.278. The second-order valence-electron chi connectivity index (χ2n) is 7.22. The van der Waals surface area contributed by atoms with Crippen LogP contribution in [0.3, 0.4) is 0 Å². The minimum absolute atomic E-state index is 0.124. The average molecular weight is 379 g/mol. The van der Waals surface area contributed by atoms with Gasteiger partial charge in [-0.25, -0.2) is 5.06 Å². The number of benzene rings is 1. The number of nitrogens with zero attached hydrogens (tertiary/aromatic N) is 4. The molecule has 1 N–H and O–H groups in total. The fourth-order valence-corrected chi connectivity index (χ4v) is 3.93. The van der Waals surface area contributed by atoms with Crippen molar-refractivity contribution in [2.45, 2.75) is 25.4 Å². The summed E-state index contributed by atoms with van der Waals surface area (Å²) in [6.07, 6.45) is 3.54. The highest BCUT2D eigenvalue weighted by atomic mass is 16.7. The molecule has 144 valence electrons. The summed E-state index contributed by atoms with van der Waals surface area (Å²) < 4.78 is 1.72. The molecule has 8 heteroatoms. The van der Waals surface area contributed by atoms with Crippen LogP contribution >= 0.6 is 0 Å². The van der Waals surface area contributed by atoms with Crippen molar-refractivity contribution in [2.75, 3.05) is 19.7 Å². The standard InChI is InChI=1S/C20H21N5O3/c26-19(17-11-14-5-1-2-6-16(14)22-17)23-12-15-7-8-21-25(15)18(13-23)20(27)24-9-3-4-10-28-24/h1-2,5-8,11,18,22H,3-4,9-10,12-13H2/t18-/m1/s1. The fourth-order valence-electron chi connectivity index (χ4n) is 3.93. The summed E-state index contributed by atoms with van der Waals surface area (Å²) in [4.78, 5) is 36.6.